The number of hydrogen-bond donors (Lipinski definition) is 0. The molecule has 6 fully saturated rings. The third kappa shape index (κ3) is 7.65. The number of benzene rings is 2. The number of fused-ring (bicyclic) bond motifs is 2. The average Bonchev–Trinajstić information content (AvgIpc) is 3.73. The summed E-state index contributed by atoms with van der Waals surface area (Å²) in [6.07, 6.45) is 13.0. The zero-order valence-corrected chi connectivity index (χ0v) is 39.9. The van der Waals surface area contributed by atoms with E-state index in [9.17, 15) is 4.79 Å². The minimum atomic E-state index is -0.486. The molecule has 1 amide bonds. The Balaban J connectivity index is 0.000000156. The van der Waals surface area contributed by atoms with Crippen LogP contribution < -0.4 is 20.7 Å². The van der Waals surface area contributed by atoms with Gasteiger partial charge in [-0.2, -0.15) is 0 Å². The maximum absolute atomic E-state index is 13.5. The van der Waals surface area contributed by atoms with Gasteiger partial charge in [-0.05, 0) is 181 Å². The number of hydrogen-bond acceptors (Lipinski definition) is 8. The Morgan fingerprint density at radius 1 is 0.508 bits per heavy atom. The Labute approximate surface area is 369 Å². The molecule has 0 bridgehead atoms. The Morgan fingerprint density at radius 3 is 1.38 bits per heavy atom. The lowest BCUT2D eigenvalue weighted by atomic mass is 9.76. The van der Waals surface area contributed by atoms with E-state index in [2.05, 4.69) is 139 Å². The highest BCUT2D eigenvalue weighted by atomic mass is 16.7. The number of carbonyl (C=O) groups is 1. The summed E-state index contributed by atoms with van der Waals surface area (Å²) in [5, 5.41) is 0. The van der Waals surface area contributed by atoms with Crippen molar-refractivity contribution >= 4 is 42.4 Å². The van der Waals surface area contributed by atoms with Gasteiger partial charge >= 0.3 is 14.2 Å². The van der Waals surface area contributed by atoms with Crippen LogP contribution in [-0.2, 0) is 34.2 Å². The van der Waals surface area contributed by atoms with Crippen LogP contribution in [0.3, 0.4) is 0 Å². The van der Waals surface area contributed by atoms with E-state index in [0.29, 0.717) is 18.1 Å². The summed E-state index contributed by atoms with van der Waals surface area (Å²) >= 11 is 0. The number of piperidine rings is 2. The smallest absolute Gasteiger partial charge is 0.399 e. The second-order valence-electron chi connectivity index (χ2n) is 23.3. The molecular weight excluding hydrogens is 758 g/mol. The summed E-state index contributed by atoms with van der Waals surface area (Å²) in [4.78, 5) is 23.7. The van der Waals surface area contributed by atoms with Gasteiger partial charge in [0.05, 0.1) is 27.8 Å². The van der Waals surface area contributed by atoms with Gasteiger partial charge in [-0.25, -0.2) is 0 Å². The quantitative estimate of drug-likeness (QED) is 0.275. The number of carbonyl (C=O) groups excluding carboxylic acids is 1. The van der Waals surface area contributed by atoms with Gasteiger partial charge in [0.1, 0.15) is 0 Å². The summed E-state index contributed by atoms with van der Waals surface area (Å²) in [7, 11) is -0.688. The van der Waals surface area contributed by atoms with E-state index < -0.39 is 12.5 Å². The molecule has 0 aromatic heterocycles. The molecule has 0 spiro atoms. The second kappa shape index (κ2) is 15.4. The molecule has 2 saturated carbocycles. The Hall–Kier alpha value is -2.40. The highest BCUT2D eigenvalue weighted by Gasteiger charge is 2.55. The second-order valence-corrected chi connectivity index (χ2v) is 23.3. The van der Waals surface area contributed by atoms with E-state index in [1.807, 2.05) is 0 Å². The minimum absolute atomic E-state index is 0.194. The van der Waals surface area contributed by atoms with Gasteiger partial charge in [-0.1, -0.05) is 51.0 Å². The van der Waals surface area contributed by atoms with Crippen molar-refractivity contribution < 1.29 is 23.4 Å². The molecule has 0 atom stereocenters. The first-order chi connectivity index (χ1) is 28.6. The first-order valence-corrected chi connectivity index (χ1v) is 24.2. The van der Waals surface area contributed by atoms with Crippen LogP contribution in [0, 0.1) is 0 Å². The Morgan fingerprint density at radius 2 is 0.918 bits per heavy atom. The Kier molecular flexibility index (Phi) is 11.0. The van der Waals surface area contributed by atoms with Gasteiger partial charge in [-0.3, -0.25) is 4.79 Å². The van der Waals surface area contributed by atoms with Crippen LogP contribution in [0.1, 0.15) is 158 Å². The molecule has 9 nitrogen and oxygen atoms in total. The van der Waals surface area contributed by atoms with Crippen molar-refractivity contribution in [1.82, 2.24) is 9.80 Å². The van der Waals surface area contributed by atoms with Crippen molar-refractivity contribution in [2.75, 3.05) is 42.5 Å². The van der Waals surface area contributed by atoms with Crippen molar-refractivity contribution in [3.05, 3.63) is 47.5 Å². The topological polar surface area (TPSA) is 67.0 Å². The highest BCUT2D eigenvalue weighted by Crippen LogP contribution is 2.48. The molecule has 2 aromatic rings. The van der Waals surface area contributed by atoms with Crippen LogP contribution in [0.2, 0.25) is 0 Å². The highest BCUT2D eigenvalue weighted by molar-refractivity contribution is 6.62. The number of amides is 1. The molecule has 4 saturated heterocycles. The fraction of sp³-hybridized carbons (Fsp3) is 0.740. The minimum Gasteiger partial charge on any atom is -0.399 e. The summed E-state index contributed by atoms with van der Waals surface area (Å²) < 4.78 is 25.3. The third-order valence-corrected chi connectivity index (χ3v) is 17.2. The van der Waals surface area contributed by atoms with Crippen molar-refractivity contribution in [2.45, 2.75) is 205 Å². The van der Waals surface area contributed by atoms with Gasteiger partial charge in [0, 0.05) is 47.5 Å². The van der Waals surface area contributed by atoms with Crippen LogP contribution >= 0.6 is 0 Å². The molecule has 0 N–H and O–H groups in total. The molecule has 6 heterocycles. The molecule has 10 rings (SSSR count). The summed E-state index contributed by atoms with van der Waals surface area (Å²) in [5.41, 5.74) is 5.59. The first kappa shape index (κ1) is 43.8. The van der Waals surface area contributed by atoms with E-state index in [4.69, 9.17) is 18.6 Å². The number of likely N-dealkylation sites (tertiary alicyclic amines) is 2. The van der Waals surface area contributed by atoms with E-state index >= 15 is 0 Å². The fourth-order valence-corrected chi connectivity index (χ4v) is 11.4. The van der Waals surface area contributed by atoms with Gasteiger partial charge in [0.25, 0.3) is 0 Å². The van der Waals surface area contributed by atoms with E-state index in [0.717, 1.165) is 47.6 Å². The molecule has 332 valence electrons. The number of anilines is 2. The van der Waals surface area contributed by atoms with Gasteiger partial charge in [0.15, 0.2) is 0 Å². The molecule has 11 heteroatoms. The van der Waals surface area contributed by atoms with Crippen LogP contribution in [0.15, 0.2) is 36.4 Å². The molecule has 2 aromatic carbocycles. The normalized spacial score (nSPS) is 31.9. The lowest BCUT2D eigenvalue weighted by molar-refractivity contribution is -0.123. The average molecular weight is 835 g/mol. The third-order valence-electron chi connectivity index (χ3n) is 17.2. The van der Waals surface area contributed by atoms with Crippen LogP contribution in [0.25, 0.3) is 0 Å². The SMILES string of the molecule is CC1(C)C(=O)N(C2CC(N3CCCCC3)C2)c2cc(B3OC(C)(C)C(C)(C)O3)ccc21.CC1(C)CN(C2CC(N3CCCCC3)C2)c2cc(B3OC(C)(C)C(C)(C)O3)ccc21. The van der Waals surface area contributed by atoms with Gasteiger partial charge < -0.3 is 38.2 Å². The summed E-state index contributed by atoms with van der Waals surface area (Å²) in [6.45, 7) is 31.9. The first-order valence-electron chi connectivity index (χ1n) is 24.2. The summed E-state index contributed by atoms with van der Waals surface area (Å²) in [5.74, 6) is 0.232. The van der Waals surface area contributed by atoms with E-state index in [1.54, 1.807) is 0 Å². The maximum atomic E-state index is 13.5. The molecule has 6 aliphatic heterocycles. The van der Waals surface area contributed by atoms with Crippen LogP contribution in [-0.4, -0.2) is 109 Å². The lowest BCUT2D eigenvalue weighted by Gasteiger charge is -2.48. The molecule has 0 unspecified atom stereocenters. The molecular formula is C50H76B2N4O5. The fourth-order valence-electron chi connectivity index (χ4n) is 11.4. The number of nitrogens with zero attached hydrogens (tertiary/aromatic N) is 4. The van der Waals surface area contributed by atoms with E-state index in [-0.39, 0.29) is 40.8 Å². The zero-order valence-electron chi connectivity index (χ0n) is 39.9. The lowest BCUT2D eigenvalue weighted by Crippen LogP contribution is -2.57. The molecule has 61 heavy (non-hydrogen) atoms. The molecule has 2 aliphatic carbocycles. The Bertz CT molecular complexity index is 1940. The van der Waals surface area contributed by atoms with Gasteiger partial charge in [0.2, 0.25) is 5.91 Å². The predicted molar refractivity (Wildman–Crippen MR) is 250 cm³/mol. The largest absolute Gasteiger partial charge is 0.494 e. The van der Waals surface area contributed by atoms with Crippen LogP contribution in [0.4, 0.5) is 11.4 Å². The molecule has 8 aliphatic rings. The zero-order chi connectivity index (χ0) is 43.5. The monoisotopic (exact) mass is 835 g/mol. The predicted octanol–water partition coefficient (Wildman–Crippen LogP) is 7.73. The van der Waals surface area contributed by atoms with E-state index in [1.165, 1.54) is 88.8 Å². The van der Waals surface area contributed by atoms with Gasteiger partial charge in [-0.15, -0.1) is 0 Å². The van der Waals surface area contributed by atoms with Crippen LogP contribution in [0.5, 0.6) is 0 Å². The standard InChI is InChI=1S/C25H37BN2O3.C25H39BN2O2/c1-23(2)20-11-10-17(26-30-24(3,4)25(5,6)31-26)14-21(20)28(22(23)29)19-15-18(16-19)27-12-8-7-9-13-27;1-23(2)17-28(20-15-19(16-20)27-12-8-7-9-13-27)22-14-18(10-11-21(22)23)26-29-24(3,4)25(5,6)30-26/h10-11,14,18-19H,7-9,12-13,15-16H2,1-6H3;10-11,14,19-20H,7-9,12-13,15-17H2,1-6H3. The van der Waals surface area contributed by atoms with Crippen molar-refractivity contribution in [3.8, 4) is 0 Å². The number of rotatable bonds is 6. The van der Waals surface area contributed by atoms with Crippen molar-refractivity contribution in [2.24, 2.45) is 0 Å². The molecule has 0 radical (unpaired) electrons. The summed E-state index contributed by atoms with van der Waals surface area (Å²) in [6, 6.07) is 15.7. The maximum Gasteiger partial charge on any atom is 0.494 e. The van der Waals surface area contributed by atoms with Crippen molar-refractivity contribution in [3.63, 3.8) is 0 Å². The van der Waals surface area contributed by atoms with Crippen molar-refractivity contribution in [1.29, 1.82) is 0 Å².